The minimum atomic E-state index is 0.103. The number of aromatic amines is 1. The minimum absolute atomic E-state index is 0.103. The fraction of sp³-hybridized carbons (Fsp3) is 0.267. The van der Waals surface area contributed by atoms with E-state index in [-0.39, 0.29) is 5.78 Å². The first-order valence-electron chi connectivity index (χ1n) is 6.99. The molecule has 114 valence electrons. The van der Waals surface area contributed by atoms with Gasteiger partial charge in [0, 0.05) is 29.7 Å². The summed E-state index contributed by atoms with van der Waals surface area (Å²) in [5.74, 6) is 0.465. The van der Waals surface area contributed by atoms with Crippen molar-refractivity contribution >= 4 is 44.9 Å². The first-order chi connectivity index (χ1) is 10.7. The first kappa shape index (κ1) is 15.1. The predicted molar refractivity (Wildman–Crippen MR) is 92.2 cm³/mol. The van der Waals surface area contributed by atoms with Crippen LogP contribution in [0.3, 0.4) is 0 Å². The average Bonchev–Trinajstić information content (AvgIpc) is 3.18. The number of anilines is 1. The fourth-order valence-corrected chi connectivity index (χ4v) is 3.91. The van der Waals surface area contributed by atoms with Crippen LogP contribution in [0.15, 0.2) is 28.7 Å². The number of carbonyl (C=O) groups is 1. The summed E-state index contributed by atoms with van der Waals surface area (Å²) in [5, 5.41) is 12.7. The van der Waals surface area contributed by atoms with Crippen molar-refractivity contribution in [2.24, 2.45) is 0 Å². The number of benzene rings is 1. The van der Waals surface area contributed by atoms with Gasteiger partial charge in [0.25, 0.3) is 0 Å². The van der Waals surface area contributed by atoms with E-state index in [0.29, 0.717) is 5.75 Å². The Morgan fingerprint density at radius 1 is 1.41 bits per heavy atom. The van der Waals surface area contributed by atoms with Gasteiger partial charge in [0.05, 0.1) is 5.75 Å². The van der Waals surface area contributed by atoms with E-state index in [1.807, 2.05) is 18.3 Å². The van der Waals surface area contributed by atoms with Crippen LogP contribution < -0.4 is 5.32 Å². The summed E-state index contributed by atoms with van der Waals surface area (Å²) in [7, 11) is 1.80. The molecule has 0 atom stereocenters. The summed E-state index contributed by atoms with van der Waals surface area (Å²) in [5.41, 5.74) is 3.04. The smallest absolute Gasteiger partial charge is 0.206 e. The summed E-state index contributed by atoms with van der Waals surface area (Å²) in [6.45, 7) is 2.11. The van der Waals surface area contributed by atoms with Gasteiger partial charge in [-0.05, 0) is 12.0 Å². The number of H-pyrrole nitrogens is 1. The molecular formula is C15H16N4OS2. The molecule has 0 spiro atoms. The van der Waals surface area contributed by atoms with Crippen molar-refractivity contribution in [2.75, 3.05) is 18.1 Å². The summed E-state index contributed by atoms with van der Waals surface area (Å²) < 4.78 is 0.798. The molecule has 2 aromatic heterocycles. The molecule has 0 fully saturated rings. The molecule has 0 saturated heterocycles. The number of carbonyl (C=O) groups excluding carboxylic acids is 1. The van der Waals surface area contributed by atoms with Crippen molar-refractivity contribution in [3.63, 3.8) is 0 Å². The van der Waals surface area contributed by atoms with E-state index < -0.39 is 0 Å². The van der Waals surface area contributed by atoms with E-state index in [1.165, 1.54) is 28.7 Å². The van der Waals surface area contributed by atoms with E-state index >= 15 is 0 Å². The van der Waals surface area contributed by atoms with Crippen LogP contribution in [0.25, 0.3) is 10.9 Å². The SMILES string of the molecule is CCc1cccc2c(C(=O)CSc3nnc(NC)s3)c[nH]c12. The Morgan fingerprint density at radius 3 is 3.00 bits per heavy atom. The Hall–Kier alpha value is -1.86. The second-order valence-electron chi connectivity index (χ2n) is 4.73. The molecule has 2 N–H and O–H groups in total. The van der Waals surface area contributed by atoms with Crippen LogP contribution in [0.4, 0.5) is 5.13 Å². The molecule has 1 aromatic carbocycles. The third kappa shape index (κ3) is 2.86. The molecular weight excluding hydrogens is 316 g/mol. The van der Waals surface area contributed by atoms with Crippen LogP contribution in [0.1, 0.15) is 22.8 Å². The number of ketones is 1. The highest BCUT2D eigenvalue weighted by atomic mass is 32.2. The second kappa shape index (κ2) is 6.50. The van der Waals surface area contributed by atoms with Crippen LogP contribution in [0.2, 0.25) is 0 Å². The lowest BCUT2D eigenvalue weighted by Crippen LogP contribution is -2.01. The highest BCUT2D eigenvalue weighted by Crippen LogP contribution is 2.28. The Labute approximate surface area is 136 Å². The summed E-state index contributed by atoms with van der Waals surface area (Å²) in [6, 6.07) is 6.08. The van der Waals surface area contributed by atoms with Gasteiger partial charge in [-0.2, -0.15) is 0 Å². The zero-order chi connectivity index (χ0) is 15.5. The maximum Gasteiger partial charge on any atom is 0.206 e. The zero-order valence-electron chi connectivity index (χ0n) is 12.3. The van der Waals surface area contributed by atoms with Crippen molar-refractivity contribution in [1.29, 1.82) is 0 Å². The van der Waals surface area contributed by atoms with Gasteiger partial charge >= 0.3 is 0 Å². The highest BCUT2D eigenvalue weighted by molar-refractivity contribution is 8.01. The van der Waals surface area contributed by atoms with E-state index in [9.17, 15) is 4.79 Å². The number of fused-ring (bicyclic) bond motifs is 1. The van der Waals surface area contributed by atoms with Gasteiger partial charge < -0.3 is 10.3 Å². The van der Waals surface area contributed by atoms with E-state index in [1.54, 1.807) is 7.05 Å². The van der Waals surface area contributed by atoms with Crippen LogP contribution >= 0.6 is 23.1 Å². The van der Waals surface area contributed by atoms with Gasteiger partial charge in [0.1, 0.15) is 0 Å². The molecule has 0 aliphatic rings. The number of Topliss-reactive ketones (excluding diaryl/α,β-unsaturated/α-hetero) is 1. The molecule has 7 heteroatoms. The molecule has 0 aliphatic heterocycles. The fourth-order valence-electron chi connectivity index (χ4n) is 2.32. The maximum atomic E-state index is 12.5. The number of para-hydroxylation sites is 1. The maximum absolute atomic E-state index is 12.5. The van der Waals surface area contributed by atoms with Crippen LogP contribution in [-0.2, 0) is 6.42 Å². The Morgan fingerprint density at radius 2 is 2.27 bits per heavy atom. The van der Waals surface area contributed by atoms with Gasteiger partial charge in [-0.3, -0.25) is 4.79 Å². The molecule has 3 aromatic rings. The minimum Gasteiger partial charge on any atom is -0.363 e. The molecule has 22 heavy (non-hydrogen) atoms. The molecule has 2 heterocycles. The molecule has 3 rings (SSSR count). The van der Waals surface area contributed by atoms with Crippen molar-refractivity contribution in [2.45, 2.75) is 17.7 Å². The molecule has 0 bridgehead atoms. The van der Waals surface area contributed by atoms with Crippen molar-refractivity contribution in [1.82, 2.24) is 15.2 Å². The molecule has 0 saturated carbocycles. The Bertz CT molecular complexity index is 809. The number of rotatable bonds is 6. The number of nitrogens with one attached hydrogen (secondary N) is 2. The van der Waals surface area contributed by atoms with Gasteiger partial charge in [0.15, 0.2) is 10.1 Å². The van der Waals surface area contributed by atoms with Crippen molar-refractivity contribution < 1.29 is 4.79 Å². The van der Waals surface area contributed by atoms with Crippen LogP contribution in [0.5, 0.6) is 0 Å². The standard InChI is InChI=1S/C15H16N4OS2/c1-3-9-5-4-6-10-11(7-17-13(9)10)12(20)8-21-15-19-18-14(16-2)22-15/h4-7,17H,3,8H2,1-2H3,(H,16,18). The lowest BCUT2D eigenvalue weighted by molar-refractivity contribution is 0.102. The molecule has 0 radical (unpaired) electrons. The van der Waals surface area contributed by atoms with Crippen LogP contribution in [0, 0.1) is 0 Å². The summed E-state index contributed by atoms with van der Waals surface area (Å²) >= 11 is 2.87. The molecule has 0 unspecified atom stereocenters. The van der Waals surface area contributed by atoms with E-state index in [4.69, 9.17) is 0 Å². The summed E-state index contributed by atoms with van der Waals surface area (Å²) in [6.07, 6.45) is 2.75. The average molecular weight is 332 g/mol. The topological polar surface area (TPSA) is 70.7 Å². The van der Waals surface area contributed by atoms with Gasteiger partial charge in [0.2, 0.25) is 5.13 Å². The number of thioether (sulfide) groups is 1. The van der Waals surface area contributed by atoms with Crippen molar-refractivity contribution in [3.05, 3.63) is 35.5 Å². The number of hydrogen-bond acceptors (Lipinski definition) is 6. The lowest BCUT2D eigenvalue weighted by Gasteiger charge is -2.00. The quantitative estimate of drug-likeness (QED) is 0.533. The lowest BCUT2D eigenvalue weighted by atomic mass is 10.1. The molecule has 0 aliphatic carbocycles. The second-order valence-corrected chi connectivity index (χ2v) is 6.93. The Balaban J connectivity index is 1.77. The number of aromatic nitrogens is 3. The van der Waals surface area contributed by atoms with Gasteiger partial charge in [-0.1, -0.05) is 48.2 Å². The summed E-state index contributed by atoms with van der Waals surface area (Å²) in [4.78, 5) is 15.7. The van der Waals surface area contributed by atoms with Gasteiger partial charge in [-0.15, -0.1) is 10.2 Å². The monoisotopic (exact) mass is 332 g/mol. The molecule has 0 amide bonds. The van der Waals surface area contributed by atoms with Gasteiger partial charge in [-0.25, -0.2) is 0 Å². The number of hydrogen-bond donors (Lipinski definition) is 2. The third-order valence-corrected chi connectivity index (χ3v) is 5.50. The van der Waals surface area contributed by atoms with Crippen molar-refractivity contribution in [3.8, 4) is 0 Å². The first-order valence-corrected chi connectivity index (χ1v) is 8.79. The normalized spacial score (nSPS) is 11.0. The van der Waals surface area contributed by atoms with E-state index in [0.717, 1.165) is 32.4 Å². The molecule has 5 nitrogen and oxygen atoms in total. The Kier molecular flexibility index (Phi) is 4.44. The predicted octanol–water partition coefficient (Wildman–Crippen LogP) is 3.60. The number of nitrogens with zero attached hydrogens (tertiary/aromatic N) is 2. The largest absolute Gasteiger partial charge is 0.363 e. The third-order valence-electron chi connectivity index (χ3n) is 3.43. The zero-order valence-corrected chi connectivity index (χ0v) is 14.0. The van der Waals surface area contributed by atoms with E-state index in [2.05, 4.69) is 33.5 Å². The van der Waals surface area contributed by atoms with Crippen LogP contribution in [-0.4, -0.2) is 33.8 Å². The highest BCUT2D eigenvalue weighted by Gasteiger charge is 2.15. The number of aryl methyl sites for hydroxylation is 1.